The molecule has 0 aliphatic heterocycles. The molecule has 0 atom stereocenters. The van der Waals surface area contributed by atoms with Crippen molar-refractivity contribution in [2.24, 2.45) is 5.84 Å². The van der Waals surface area contributed by atoms with E-state index in [1.54, 1.807) is 0 Å². The average molecular weight is 226 g/mol. The van der Waals surface area contributed by atoms with Crippen LogP contribution in [0.3, 0.4) is 0 Å². The Balaban J connectivity index is 2.48. The Labute approximate surface area is 102 Å². The largest absolute Gasteiger partial charge is 0.271 e. The summed E-state index contributed by atoms with van der Waals surface area (Å²) in [4.78, 5) is 0. The zero-order chi connectivity index (χ0) is 12.3. The van der Waals surface area contributed by atoms with E-state index in [0.29, 0.717) is 0 Å². The molecule has 0 radical (unpaired) electrons. The number of hydrazine groups is 1. The fraction of sp³-hybridized carbons (Fsp3) is 0.200. The van der Waals surface area contributed by atoms with Crippen molar-refractivity contribution in [2.75, 3.05) is 0 Å². The van der Waals surface area contributed by atoms with Crippen molar-refractivity contribution >= 4 is 0 Å². The minimum atomic E-state index is 0.0531. The molecule has 0 aliphatic rings. The minimum Gasteiger partial charge on any atom is -0.271 e. The minimum absolute atomic E-state index is 0.0531. The van der Waals surface area contributed by atoms with Crippen LogP contribution in [0.15, 0.2) is 48.5 Å². The highest BCUT2D eigenvalue weighted by atomic mass is 15.2. The molecule has 0 fully saturated rings. The number of hydrogen-bond acceptors (Lipinski definition) is 2. The number of nitrogens with two attached hydrogens (primary N) is 1. The Bertz CT molecular complexity index is 460. The van der Waals surface area contributed by atoms with Gasteiger partial charge in [-0.15, -0.1) is 0 Å². The van der Waals surface area contributed by atoms with E-state index in [-0.39, 0.29) is 6.04 Å². The Morgan fingerprint density at radius 3 is 1.59 bits per heavy atom. The van der Waals surface area contributed by atoms with Gasteiger partial charge in [0.1, 0.15) is 0 Å². The molecule has 0 bridgehead atoms. The maximum absolute atomic E-state index is 5.72. The van der Waals surface area contributed by atoms with Crippen molar-refractivity contribution in [3.05, 3.63) is 70.8 Å². The first-order chi connectivity index (χ1) is 8.24. The molecule has 0 spiro atoms. The molecule has 0 saturated heterocycles. The van der Waals surface area contributed by atoms with Crippen LogP contribution in [0.1, 0.15) is 28.3 Å². The van der Waals surface area contributed by atoms with Crippen molar-refractivity contribution in [1.82, 2.24) is 5.43 Å². The lowest BCUT2D eigenvalue weighted by molar-refractivity contribution is 0.630. The van der Waals surface area contributed by atoms with Gasteiger partial charge in [0, 0.05) is 0 Å². The molecular weight excluding hydrogens is 208 g/mol. The van der Waals surface area contributed by atoms with E-state index in [2.05, 4.69) is 43.5 Å². The fourth-order valence-corrected chi connectivity index (χ4v) is 2.17. The summed E-state index contributed by atoms with van der Waals surface area (Å²) in [7, 11) is 0. The molecular formula is C15H18N2. The third kappa shape index (κ3) is 2.38. The summed E-state index contributed by atoms with van der Waals surface area (Å²) in [5.41, 5.74) is 7.87. The molecule has 2 heteroatoms. The van der Waals surface area contributed by atoms with Crippen LogP contribution in [0.2, 0.25) is 0 Å². The molecule has 0 aliphatic carbocycles. The monoisotopic (exact) mass is 226 g/mol. The Hall–Kier alpha value is -1.64. The molecule has 88 valence electrons. The van der Waals surface area contributed by atoms with E-state index in [1.165, 1.54) is 22.3 Å². The van der Waals surface area contributed by atoms with Crippen LogP contribution >= 0.6 is 0 Å². The molecule has 2 nitrogen and oxygen atoms in total. The standard InChI is InChI=1S/C15H18N2/c1-11-7-3-5-9-13(11)15(17-16)14-10-6-4-8-12(14)2/h3-10,15,17H,16H2,1-2H3. The second kappa shape index (κ2) is 5.13. The van der Waals surface area contributed by atoms with Gasteiger partial charge in [-0.05, 0) is 36.1 Å². The quantitative estimate of drug-likeness (QED) is 0.624. The Morgan fingerprint density at radius 1 is 0.824 bits per heavy atom. The second-order valence-corrected chi connectivity index (χ2v) is 4.31. The van der Waals surface area contributed by atoms with Gasteiger partial charge in [0.05, 0.1) is 6.04 Å². The van der Waals surface area contributed by atoms with E-state index in [9.17, 15) is 0 Å². The van der Waals surface area contributed by atoms with E-state index < -0.39 is 0 Å². The topological polar surface area (TPSA) is 38.0 Å². The highest BCUT2D eigenvalue weighted by Crippen LogP contribution is 2.26. The highest BCUT2D eigenvalue weighted by Gasteiger charge is 2.15. The smallest absolute Gasteiger partial charge is 0.0715 e. The van der Waals surface area contributed by atoms with Gasteiger partial charge in [-0.3, -0.25) is 5.84 Å². The van der Waals surface area contributed by atoms with Crippen molar-refractivity contribution in [3.8, 4) is 0 Å². The van der Waals surface area contributed by atoms with Gasteiger partial charge < -0.3 is 0 Å². The van der Waals surface area contributed by atoms with Gasteiger partial charge in [0.15, 0.2) is 0 Å². The van der Waals surface area contributed by atoms with E-state index >= 15 is 0 Å². The van der Waals surface area contributed by atoms with Gasteiger partial charge >= 0.3 is 0 Å². The van der Waals surface area contributed by atoms with Crippen molar-refractivity contribution < 1.29 is 0 Å². The lowest BCUT2D eigenvalue weighted by Gasteiger charge is -2.20. The molecule has 0 amide bonds. The molecule has 2 rings (SSSR count). The lowest BCUT2D eigenvalue weighted by atomic mass is 9.93. The number of rotatable bonds is 3. The van der Waals surface area contributed by atoms with Crippen LogP contribution in [0.5, 0.6) is 0 Å². The summed E-state index contributed by atoms with van der Waals surface area (Å²) in [6.45, 7) is 4.22. The predicted octanol–water partition coefficient (Wildman–Crippen LogP) is 2.86. The zero-order valence-electron chi connectivity index (χ0n) is 10.3. The van der Waals surface area contributed by atoms with Crippen molar-refractivity contribution in [2.45, 2.75) is 19.9 Å². The first kappa shape index (κ1) is 11.8. The molecule has 3 N–H and O–H groups in total. The lowest BCUT2D eigenvalue weighted by Crippen LogP contribution is -2.29. The van der Waals surface area contributed by atoms with Gasteiger partial charge in [-0.1, -0.05) is 48.5 Å². The first-order valence-electron chi connectivity index (χ1n) is 5.81. The van der Waals surface area contributed by atoms with Gasteiger partial charge in [0.25, 0.3) is 0 Å². The second-order valence-electron chi connectivity index (χ2n) is 4.31. The summed E-state index contributed by atoms with van der Waals surface area (Å²) in [5, 5.41) is 0. The molecule has 2 aromatic rings. The number of hydrogen-bond donors (Lipinski definition) is 2. The summed E-state index contributed by atoms with van der Waals surface area (Å²) < 4.78 is 0. The number of aryl methyl sites for hydroxylation is 2. The van der Waals surface area contributed by atoms with Crippen LogP contribution < -0.4 is 11.3 Å². The number of nitrogens with one attached hydrogen (secondary N) is 1. The summed E-state index contributed by atoms with van der Waals surface area (Å²) in [6.07, 6.45) is 0. The van der Waals surface area contributed by atoms with Crippen LogP contribution in [0.4, 0.5) is 0 Å². The summed E-state index contributed by atoms with van der Waals surface area (Å²) in [5.74, 6) is 5.72. The molecule has 2 aromatic carbocycles. The Morgan fingerprint density at radius 2 is 1.24 bits per heavy atom. The third-order valence-corrected chi connectivity index (χ3v) is 3.17. The molecule has 0 aromatic heterocycles. The van der Waals surface area contributed by atoms with Gasteiger partial charge in [0.2, 0.25) is 0 Å². The van der Waals surface area contributed by atoms with E-state index in [0.717, 1.165) is 0 Å². The molecule has 0 unspecified atom stereocenters. The summed E-state index contributed by atoms with van der Waals surface area (Å²) >= 11 is 0. The van der Waals surface area contributed by atoms with Crippen molar-refractivity contribution in [1.29, 1.82) is 0 Å². The third-order valence-electron chi connectivity index (χ3n) is 3.17. The SMILES string of the molecule is Cc1ccccc1C(NN)c1ccccc1C. The maximum Gasteiger partial charge on any atom is 0.0715 e. The Kier molecular flexibility index (Phi) is 3.57. The number of benzene rings is 2. The van der Waals surface area contributed by atoms with Crippen LogP contribution in [0.25, 0.3) is 0 Å². The van der Waals surface area contributed by atoms with E-state index in [4.69, 9.17) is 5.84 Å². The van der Waals surface area contributed by atoms with Crippen LogP contribution in [0, 0.1) is 13.8 Å². The fourth-order valence-electron chi connectivity index (χ4n) is 2.17. The van der Waals surface area contributed by atoms with Crippen LogP contribution in [-0.4, -0.2) is 0 Å². The predicted molar refractivity (Wildman–Crippen MR) is 71.5 cm³/mol. The molecule has 0 saturated carbocycles. The van der Waals surface area contributed by atoms with Crippen molar-refractivity contribution in [3.63, 3.8) is 0 Å². The highest BCUT2D eigenvalue weighted by molar-refractivity contribution is 5.39. The molecule has 0 heterocycles. The van der Waals surface area contributed by atoms with Crippen LogP contribution in [-0.2, 0) is 0 Å². The summed E-state index contributed by atoms with van der Waals surface area (Å²) in [6, 6.07) is 16.7. The average Bonchev–Trinajstić information content (AvgIpc) is 2.34. The van der Waals surface area contributed by atoms with Gasteiger partial charge in [-0.2, -0.15) is 0 Å². The van der Waals surface area contributed by atoms with E-state index in [1.807, 2.05) is 24.3 Å². The zero-order valence-corrected chi connectivity index (χ0v) is 10.3. The normalized spacial score (nSPS) is 10.8. The van der Waals surface area contributed by atoms with Gasteiger partial charge in [-0.25, -0.2) is 5.43 Å². The first-order valence-corrected chi connectivity index (χ1v) is 5.81. The maximum atomic E-state index is 5.72. The molecule has 17 heavy (non-hydrogen) atoms.